The van der Waals surface area contributed by atoms with E-state index in [1.807, 2.05) is 44.5 Å². The molecule has 0 unspecified atom stereocenters. The van der Waals surface area contributed by atoms with Gasteiger partial charge in [-0.25, -0.2) is 4.98 Å². The molecule has 2 N–H and O–H groups in total. The van der Waals surface area contributed by atoms with Crippen LogP contribution in [0.3, 0.4) is 0 Å². The third kappa shape index (κ3) is 12.1. The molecule has 3 amide bonds. The molecule has 3 saturated heterocycles. The number of carbonyl (C=O) groups is 3. The Balaban J connectivity index is 0.790. The van der Waals surface area contributed by atoms with Gasteiger partial charge in [-0.1, -0.05) is 74.1 Å². The van der Waals surface area contributed by atoms with Gasteiger partial charge in [0.15, 0.2) is 0 Å². The van der Waals surface area contributed by atoms with Crippen molar-refractivity contribution in [1.82, 2.24) is 40.1 Å². The summed E-state index contributed by atoms with van der Waals surface area (Å²) in [6, 6.07) is 23.8. The number of nitrogens with zero attached hydrogens (tertiary/aromatic N) is 10. The van der Waals surface area contributed by atoms with Crippen LogP contribution in [0.25, 0.3) is 21.2 Å². The number of piperazine rings is 1. The number of nitriles is 1. The van der Waals surface area contributed by atoms with Gasteiger partial charge in [0.05, 0.1) is 71.4 Å². The van der Waals surface area contributed by atoms with Crippen molar-refractivity contribution in [2.24, 2.45) is 5.92 Å². The Kier molecular flexibility index (Phi) is 16.9. The van der Waals surface area contributed by atoms with Gasteiger partial charge in [0.25, 0.3) is 0 Å². The molecular formula is C59H69N11O8S. The fraction of sp³-hybridized carbons (Fsp3) is 0.458. The zero-order chi connectivity index (χ0) is 55.3. The van der Waals surface area contributed by atoms with Gasteiger partial charge in [-0.3, -0.25) is 19.3 Å². The predicted octanol–water partition coefficient (Wildman–Crippen LogP) is 6.60. The quantitative estimate of drug-likeness (QED) is 0.0645. The highest BCUT2D eigenvalue weighted by Gasteiger charge is 2.43. The van der Waals surface area contributed by atoms with Crippen molar-refractivity contribution >= 4 is 51.3 Å². The van der Waals surface area contributed by atoms with Gasteiger partial charge >= 0.3 is 6.01 Å². The molecule has 7 heterocycles. The molecule has 414 valence electrons. The van der Waals surface area contributed by atoms with Crippen LogP contribution < -0.4 is 24.6 Å². The Morgan fingerprint density at radius 1 is 0.962 bits per heavy atom. The van der Waals surface area contributed by atoms with E-state index >= 15 is 0 Å². The molecule has 79 heavy (non-hydrogen) atoms. The Morgan fingerprint density at radius 2 is 1.80 bits per heavy atom. The molecule has 0 spiro atoms. The van der Waals surface area contributed by atoms with Crippen LogP contribution >= 0.6 is 11.3 Å². The number of fused-ring (bicyclic) bond motifs is 2. The minimum absolute atomic E-state index is 0.0130. The van der Waals surface area contributed by atoms with E-state index in [0.29, 0.717) is 76.0 Å². The number of amides is 3. The zero-order valence-electron chi connectivity index (χ0n) is 45.5. The number of aliphatic hydroxyl groups is 1. The number of nitrogens with one attached hydrogen (secondary N) is 1. The van der Waals surface area contributed by atoms with Gasteiger partial charge in [0.2, 0.25) is 17.7 Å². The summed E-state index contributed by atoms with van der Waals surface area (Å²) in [5, 5.41) is 29.9. The Bertz CT molecular complexity index is 3220. The van der Waals surface area contributed by atoms with E-state index in [-0.39, 0.29) is 80.4 Å². The van der Waals surface area contributed by atoms with Gasteiger partial charge in [-0.05, 0) is 68.8 Å². The van der Waals surface area contributed by atoms with Crippen LogP contribution in [0.1, 0.15) is 73.0 Å². The van der Waals surface area contributed by atoms with Crippen LogP contribution in [0, 0.1) is 31.1 Å². The first-order chi connectivity index (χ1) is 38.3. The molecular weight excluding hydrogens is 1020 g/mol. The highest BCUT2D eigenvalue weighted by molar-refractivity contribution is 7.13. The fourth-order valence-electron chi connectivity index (χ4n) is 11.6. The molecule has 6 atom stereocenters. The molecule has 0 saturated carbocycles. The largest absolute Gasteiger partial charge is 0.491 e. The highest BCUT2D eigenvalue weighted by Crippen LogP contribution is 2.37. The summed E-state index contributed by atoms with van der Waals surface area (Å²) < 4.78 is 25.0. The second kappa shape index (κ2) is 24.3. The number of anilines is 2. The molecule has 0 radical (unpaired) electrons. The Hall–Kier alpha value is -7.44. The van der Waals surface area contributed by atoms with Gasteiger partial charge < -0.3 is 48.8 Å². The third-order valence-corrected chi connectivity index (χ3v) is 16.7. The van der Waals surface area contributed by atoms with Crippen LogP contribution in [-0.2, 0) is 38.6 Å². The third-order valence-electron chi connectivity index (χ3n) is 15.7. The molecule has 4 aliphatic heterocycles. The molecule has 10 rings (SSSR count). The van der Waals surface area contributed by atoms with E-state index in [1.54, 1.807) is 17.9 Å². The number of likely N-dealkylation sites (tertiary alicyclic amines) is 2. The van der Waals surface area contributed by atoms with E-state index in [4.69, 9.17) is 28.7 Å². The Labute approximate surface area is 464 Å². The molecule has 19 nitrogen and oxygen atoms in total. The molecule has 3 fully saturated rings. The van der Waals surface area contributed by atoms with Crippen molar-refractivity contribution in [1.29, 1.82) is 5.26 Å². The number of ether oxygens (including phenoxy) is 3. The van der Waals surface area contributed by atoms with E-state index in [9.17, 15) is 24.8 Å². The fourth-order valence-corrected chi connectivity index (χ4v) is 12.4. The number of aliphatic hydroxyl groups excluding tert-OH is 1. The lowest BCUT2D eigenvalue weighted by atomic mass is 9.91. The summed E-state index contributed by atoms with van der Waals surface area (Å²) in [4.78, 5) is 66.5. The summed E-state index contributed by atoms with van der Waals surface area (Å²) in [6.45, 7) is 15.8. The monoisotopic (exact) mass is 1090 g/mol. The van der Waals surface area contributed by atoms with Gasteiger partial charge in [0, 0.05) is 86.5 Å². The highest BCUT2D eigenvalue weighted by atomic mass is 32.1. The summed E-state index contributed by atoms with van der Waals surface area (Å²) in [7, 11) is 2.06. The van der Waals surface area contributed by atoms with Crippen LogP contribution in [0.2, 0.25) is 0 Å². The van der Waals surface area contributed by atoms with E-state index in [2.05, 4.69) is 92.3 Å². The molecule has 20 heteroatoms. The van der Waals surface area contributed by atoms with Gasteiger partial charge in [-0.2, -0.15) is 15.2 Å². The van der Waals surface area contributed by atoms with Crippen LogP contribution in [0.4, 0.5) is 11.5 Å². The molecule has 4 aliphatic rings. The molecule has 3 aromatic heterocycles. The summed E-state index contributed by atoms with van der Waals surface area (Å²) in [6.07, 6.45) is 2.10. The van der Waals surface area contributed by atoms with Gasteiger partial charge in [0.1, 0.15) is 42.5 Å². The van der Waals surface area contributed by atoms with E-state index in [0.717, 1.165) is 51.0 Å². The number of hydrogen-bond acceptors (Lipinski definition) is 17. The van der Waals surface area contributed by atoms with Crippen molar-refractivity contribution in [3.63, 3.8) is 0 Å². The lowest BCUT2D eigenvalue weighted by molar-refractivity contribution is -0.141. The van der Waals surface area contributed by atoms with E-state index in [1.165, 1.54) is 33.1 Å². The predicted molar refractivity (Wildman–Crippen MR) is 300 cm³/mol. The minimum atomic E-state index is -0.870. The number of likely N-dealkylation sites (N-methyl/N-ethyl adjacent to an activating group) is 1. The number of aryl methyl sites for hydroxylation is 2. The number of carbonyl (C=O) groups excluding carboxylic acids is 3. The van der Waals surface area contributed by atoms with Gasteiger partial charge in [-0.15, -0.1) is 11.3 Å². The molecule has 0 aliphatic carbocycles. The molecule has 3 aromatic carbocycles. The van der Waals surface area contributed by atoms with Crippen molar-refractivity contribution in [2.45, 2.75) is 103 Å². The first-order valence-electron chi connectivity index (χ1n) is 27.2. The number of rotatable bonds is 19. The van der Waals surface area contributed by atoms with Crippen LogP contribution in [-0.4, -0.2) is 154 Å². The van der Waals surface area contributed by atoms with Crippen LogP contribution in [0.15, 0.2) is 89.4 Å². The van der Waals surface area contributed by atoms with Crippen molar-refractivity contribution in [3.05, 3.63) is 119 Å². The van der Waals surface area contributed by atoms with E-state index < -0.39 is 18.1 Å². The normalized spacial score (nSPS) is 20.8. The number of benzene rings is 3. The molecule has 0 bridgehead atoms. The Morgan fingerprint density at radius 3 is 2.57 bits per heavy atom. The summed E-state index contributed by atoms with van der Waals surface area (Å²) >= 11 is 1.54. The second-order valence-corrected chi connectivity index (χ2v) is 22.3. The lowest BCUT2D eigenvalue weighted by Crippen LogP contribution is -2.55. The topological polar surface area (TPSA) is 216 Å². The lowest BCUT2D eigenvalue weighted by Gasteiger charge is -2.42. The standard InChI is InChI=1S/C59H69N11O8S/c1-7-53(72)69-22-21-68(30-42(69)17-19-60)56-47-18-20-67(49-14-10-12-39-11-8-9-13-46(39)49)33-48(47)63-59(64-56)77-34-43-27-45(32-66(43)6)75-23-24-76-51-26-40(55-38(5)62-35-79-55)15-16-41(51)29-61-57(73)50-28-44(71)31-70(50)58(74)54(36(2)3)52-25-37(4)65-78-52/h7-16,25-26,35-36,42-45,50,54,71H,1,17-18,20-24,27-34H2,2-6H3,(H,61,73)/t42-,43-,44+,45+,50-,54-/m0/s1. The zero-order valence-corrected chi connectivity index (χ0v) is 46.4. The van der Waals surface area contributed by atoms with Crippen molar-refractivity contribution < 1.29 is 38.2 Å². The number of β-amino-alcohol motifs (C(OH)–C–C–N with tert-alkyl or cyclic N) is 1. The minimum Gasteiger partial charge on any atom is -0.491 e. The maximum absolute atomic E-state index is 14.0. The number of hydrogen-bond donors (Lipinski definition) is 2. The number of aromatic nitrogens is 4. The first-order valence-corrected chi connectivity index (χ1v) is 28.1. The van der Waals surface area contributed by atoms with Crippen LogP contribution in [0.5, 0.6) is 11.8 Å². The summed E-state index contributed by atoms with van der Waals surface area (Å²) in [5.74, 6) is 0.171. The maximum atomic E-state index is 14.0. The SMILES string of the molecule is C=CC(=O)N1CCN(c2nc(OC[C@@H]3C[C@@H](OCCOc4cc(-c5scnc5C)ccc4CNC(=O)[C@@H]4C[C@@H](O)CN4C(=O)[C@H](c4cc(C)no4)C(C)C)CN3C)nc3c2CCN(c2cccc4ccccc24)C3)C[C@@H]1CC#N. The summed E-state index contributed by atoms with van der Waals surface area (Å²) in [5.41, 5.74) is 8.14. The van der Waals surface area contributed by atoms with Crippen molar-refractivity contribution in [3.8, 4) is 28.3 Å². The second-order valence-electron chi connectivity index (χ2n) is 21.4. The molecule has 6 aromatic rings. The average molecular weight is 1090 g/mol. The number of thiazole rings is 1. The first kappa shape index (κ1) is 54.9. The van der Waals surface area contributed by atoms with Crippen molar-refractivity contribution in [2.75, 3.05) is 75.9 Å². The maximum Gasteiger partial charge on any atom is 0.318 e. The average Bonchev–Trinajstić information content (AvgIpc) is 4.29. The smallest absolute Gasteiger partial charge is 0.318 e.